The summed E-state index contributed by atoms with van der Waals surface area (Å²) in [4.78, 5) is 29.3. The molecule has 0 saturated heterocycles. The van der Waals surface area contributed by atoms with E-state index in [1.54, 1.807) is 18.5 Å². The fourth-order valence-electron chi connectivity index (χ4n) is 3.60. The minimum Gasteiger partial charge on any atom is -0.346 e. The molecule has 164 valence electrons. The van der Waals surface area contributed by atoms with Crippen LogP contribution in [0.25, 0.3) is 10.9 Å². The number of hydrogen-bond acceptors (Lipinski definition) is 5. The van der Waals surface area contributed by atoms with Gasteiger partial charge in [0.2, 0.25) is 5.91 Å². The zero-order valence-electron chi connectivity index (χ0n) is 17.2. The Kier molecular flexibility index (Phi) is 5.06. The number of fused-ring (bicyclic) bond motifs is 1. The summed E-state index contributed by atoms with van der Waals surface area (Å²) in [5.74, 6) is -0.503. The van der Waals surface area contributed by atoms with E-state index < -0.39 is 29.2 Å². The molecule has 0 aliphatic heterocycles. The zero-order valence-corrected chi connectivity index (χ0v) is 17.2. The van der Waals surface area contributed by atoms with Crippen molar-refractivity contribution in [1.82, 2.24) is 29.9 Å². The predicted molar refractivity (Wildman–Crippen MR) is 105 cm³/mol. The van der Waals surface area contributed by atoms with Crippen LogP contribution in [0.1, 0.15) is 54.5 Å². The lowest BCUT2D eigenvalue weighted by Gasteiger charge is -2.15. The van der Waals surface area contributed by atoms with Crippen LogP contribution in [0.4, 0.5) is 13.2 Å². The molecule has 1 saturated carbocycles. The van der Waals surface area contributed by atoms with Gasteiger partial charge < -0.3 is 5.32 Å². The molecule has 3 aromatic heterocycles. The summed E-state index contributed by atoms with van der Waals surface area (Å²) >= 11 is 0. The maximum atomic E-state index is 13.0. The number of alkyl halides is 3. The van der Waals surface area contributed by atoms with Crippen molar-refractivity contribution < 1.29 is 18.0 Å². The Labute approximate surface area is 175 Å². The molecule has 0 unspecified atom stereocenters. The number of pyridine rings is 1. The molecule has 3 heterocycles. The molecule has 1 amide bonds. The molecule has 0 aromatic carbocycles. The van der Waals surface area contributed by atoms with Crippen LogP contribution < -0.4 is 10.9 Å². The maximum absolute atomic E-state index is 13.0. The molecule has 31 heavy (non-hydrogen) atoms. The van der Waals surface area contributed by atoms with E-state index in [-0.39, 0.29) is 18.3 Å². The summed E-state index contributed by atoms with van der Waals surface area (Å²) in [7, 11) is 0. The normalized spacial score (nSPS) is 15.3. The zero-order chi connectivity index (χ0) is 22.5. The first-order valence-electron chi connectivity index (χ1n) is 9.85. The highest BCUT2D eigenvalue weighted by Gasteiger charge is 2.31. The van der Waals surface area contributed by atoms with Crippen molar-refractivity contribution in [3.05, 3.63) is 51.3 Å². The molecule has 1 aliphatic rings. The molecule has 8 nitrogen and oxygen atoms in total. The van der Waals surface area contributed by atoms with Gasteiger partial charge in [0, 0.05) is 6.20 Å². The molecule has 0 radical (unpaired) electrons. The third-order valence-electron chi connectivity index (χ3n) is 5.28. The molecule has 0 spiro atoms. The van der Waals surface area contributed by atoms with E-state index in [1.807, 2.05) is 6.92 Å². The molecule has 4 rings (SSSR count). The average molecular weight is 434 g/mol. The van der Waals surface area contributed by atoms with Gasteiger partial charge in [0.1, 0.15) is 12.1 Å². The van der Waals surface area contributed by atoms with Crippen LogP contribution in [0, 0.1) is 13.8 Å². The smallest absolute Gasteiger partial charge is 0.346 e. The highest BCUT2D eigenvalue weighted by molar-refractivity contribution is 5.83. The number of halogens is 3. The van der Waals surface area contributed by atoms with Gasteiger partial charge in [-0.1, -0.05) is 0 Å². The van der Waals surface area contributed by atoms with Crippen molar-refractivity contribution in [2.45, 2.75) is 58.4 Å². The van der Waals surface area contributed by atoms with Crippen molar-refractivity contribution in [1.29, 1.82) is 0 Å². The van der Waals surface area contributed by atoms with Gasteiger partial charge in [0.15, 0.2) is 0 Å². The third-order valence-corrected chi connectivity index (χ3v) is 5.28. The number of nitrogens with one attached hydrogen (secondary N) is 1. The third kappa shape index (κ3) is 4.04. The number of aryl methyl sites for hydroxylation is 2. The first-order valence-corrected chi connectivity index (χ1v) is 9.85. The van der Waals surface area contributed by atoms with Gasteiger partial charge in [0.05, 0.1) is 40.1 Å². The van der Waals surface area contributed by atoms with Gasteiger partial charge in [-0.2, -0.15) is 23.4 Å². The quantitative estimate of drug-likeness (QED) is 0.666. The summed E-state index contributed by atoms with van der Waals surface area (Å²) in [5.41, 5.74) is 0.778. The molecule has 1 fully saturated rings. The second-order valence-electron chi connectivity index (χ2n) is 7.79. The Hall–Kier alpha value is -3.24. The van der Waals surface area contributed by atoms with Crippen molar-refractivity contribution in [2.24, 2.45) is 0 Å². The highest BCUT2D eigenvalue weighted by Crippen LogP contribution is 2.36. The van der Waals surface area contributed by atoms with E-state index in [9.17, 15) is 22.8 Å². The molecule has 0 bridgehead atoms. The van der Waals surface area contributed by atoms with Crippen molar-refractivity contribution in [3.63, 3.8) is 0 Å². The van der Waals surface area contributed by atoms with Crippen LogP contribution in [-0.4, -0.2) is 30.5 Å². The number of carbonyl (C=O) groups is 1. The molecule has 3 aromatic rings. The van der Waals surface area contributed by atoms with Crippen LogP contribution >= 0.6 is 0 Å². The van der Waals surface area contributed by atoms with E-state index in [1.165, 1.54) is 6.07 Å². The first-order chi connectivity index (χ1) is 14.6. The standard InChI is InChI=1S/C20H21F3N6O2/c1-10(15-7-4-13(8-24-15)20(21,22)23)25-16(30)9-28-19(31)18-17(11(2)26-28)12(3)27-29(18)14-5-6-14/h4,7-8,10,14H,5-6,9H2,1-3H3,(H,25,30)/t10-/m0/s1. The fourth-order valence-corrected chi connectivity index (χ4v) is 3.60. The number of nitrogens with zero attached hydrogens (tertiary/aromatic N) is 5. The van der Waals surface area contributed by atoms with E-state index in [4.69, 9.17) is 0 Å². The Balaban J connectivity index is 1.54. The SMILES string of the molecule is Cc1nn(CC(=O)N[C@@H](C)c2ccc(C(F)(F)F)cn2)c(=O)c2c1c(C)nn2C1CC1. The summed E-state index contributed by atoms with van der Waals surface area (Å²) in [6.45, 7) is 4.86. The maximum Gasteiger partial charge on any atom is 0.417 e. The van der Waals surface area contributed by atoms with Gasteiger partial charge in [0.25, 0.3) is 5.56 Å². The summed E-state index contributed by atoms with van der Waals surface area (Å²) in [5, 5.41) is 12.1. The first kappa shape index (κ1) is 21.0. The fraction of sp³-hybridized carbons (Fsp3) is 0.450. The topological polar surface area (TPSA) is 94.7 Å². The molecule has 1 atom stereocenters. The Morgan fingerprint density at radius 1 is 1.23 bits per heavy atom. The Bertz CT molecular complexity index is 1210. The predicted octanol–water partition coefficient (Wildman–Crippen LogP) is 2.84. The minimum absolute atomic E-state index is 0.193. The second kappa shape index (κ2) is 7.47. The monoisotopic (exact) mass is 434 g/mol. The van der Waals surface area contributed by atoms with Crippen molar-refractivity contribution >= 4 is 16.8 Å². The Morgan fingerprint density at radius 3 is 2.48 bits per heavy atom. The van der Waals surface area contributed by atoms with E-state index in [0.29, 0.717) is 16.6 Å². The lowest BCUT2D eigenvalue weighted by Crippen LogP contribution is -2.36. The van der Waals surface area contributed by atoms with Crippen LogP contribution in [0.3, 0.4) is 0 Å². The largest absolute Gasteiger partial charge is 0.417 e. The number of aromatic nitrogens is 5. The van der Waals surface area contributed by atoms with Gasteiger partial charge in [-0.3, -0.25) is 19.3 Å². The average Bonchev–Trinajstić information content (AvgIpc) is 3.47. The van der Waals surface area contributed by atoms with Crippen molar-refractivity contribution in [3.8, 4) is 0 Å². The molecule has 11 heteroatoms. The molecule has 1 N–H and O–H groups in total. The lowest BCUT2D eigenvalue weighted by molar-refractivity contribution is -0.137. The number of hydrogen-bond donors (Lipinski definition) is 1. The molecule has 1 aliphatic carbocycles. The second-order valence-corrected chi connectivity index (χ2v) is 7.79. The number of rotatable bonds is 5. The molecular formula is C20H21F3N6O2. The van der Waals surface area contributed by atoms with Crippen molar-refractivity contribution in [2.75, 3.05) is 0 Å². The van der Waals surface area contributed by atoms with Crippen LogP contribution in [-0.2, 0) is 17.5 Å². The van der Waals surface area contributed by atoms with Gasteiger partial charge in [-0.05, 0) is 45.7 Å². The summed E-state index contributed by atoms with van der Waals surface area (Å²) < 4.78 is 40.9. The number of carbonyl (C=O) groups excluding carboxylic acids is 1. The van der Waals surface area contributed by atoms with Crippen LogP contribution in [0.15, 0.2) is 23.1 Å². The van der Waals surface area contributed by atoms with Crippen LogP contribution in [0.5, 0.6) is 0 Å². The summed E-state index contributed by atoms with van der Waals surface area (Å²) in [6.07, 6.45) is -1.85. The van der Waals surface area contributed by atoms with Gasteiger partial charge >= 0.3 is 6.18 Å². The highest BCUT2D eigenvalue weighted by atomic mass is 19.4. The van der Waals surface area contributed by atoms with Gasteiger partial charge in [-0.25, -0.2) is 4.68 Å². The molecular weight excluding hydrogens is 413 g/mol. The Morgan fingerprint density at radius 2 is 1.90 bits per heavy atom. The summed E-state index contributed by atoms with van der Waals surface area (Å²) in [6, 6.07) is 1.68. The van der Waals surface area contributed by atoms with Gasteiger partial charge in [-0.15, -0.1) is 0 Å². The van der Waals surface area contributed by atoms with Crippen LogP contribution in [0.2, 0.25) is 0 Å². The van der Waals surface area contributed by atoms with E-state index in [2.05, 4.69) is 20.5 Å². The minimum atomic E-state index is -4.48. The van der Waals surface area contributed by atoms with E-state index >= 15 is 0 Å². The van der Waals surface area contributed by atoms with E-state index in [0.717, 1.165) is 35.5 Å². The number of amides is 1. The lowest BCUT2D eigenvalue weighted by atomic mass is 10.2.